The van der Waals surface area contributed by atoms with Gasteiger partial charge in [-0.3, -0.25) is 9.59 Å². The number of carbonyl (C=O) groups excluding carboxylic acids is 1. The molecular weight excluding hydrogens is 364 g/mol. The van der Waals surface area contributed by atoms with Crippen molar-refractivity contribution in [1.29, 1.82) is 0 Å². The maximum Gasteiger partial charge on any atom is 0.322 e. The van der Waals surface area contributed by atoms with Crippen LogP contribution in [0.15, 0.2) is 46.7 Å². The first kappa shape index (κ1) is 19.1. The molecule has 1 heterocycles. The van der Waals surface area contributed by atoms with Gasteiger partial charge >= 0.3 is 5.97 Å². The summed E-state index contributed by atoms with van der Waals surface area (Å²) in [7, 11) is -4.04. The molecule has 0 fully saturated rings. The van der Waals surface area contributed by atoms with E-state index in [4.69, 9.17) is 5.11 Å². The molecule has 1 amide bonds. The van der Waals surface area contributed by atoms with Crippen molar-refractivity contribution in [2.45, 2.75) is 24.8 Å². The summed E-state index contributed by atoms with van der Waals surface area (Å²) < 4.78 is 26.9. The minimum atomic E-state index is -4.04. The molecule has 0 bridgehead atoms. The van der Waals surface area contributed by atoms with Gasteiger partial charge in [0.25, 0.3) is 5.91 Å². The minimum absolute atomic E-state index is 0.136. The summed E-state index contributed by atoms with van der Waals surface area (Å²) in [6.45, 7) is 3.21. The molecule has 7 nitrogen and oxygen atoms in total. The van der Waals surface area contributed by atoms with E-state index in [9.17, 15) is 18.0 Å². The number of carboxylic acids is 1. The van der Waals surface area contributed by atoms with E-state index < -0.39 is 33.9 Å². The minimum Gasteiger partial charge on any atom is -0.480 e. The molecular formula is C16H18N2O5S2. The number of para-hydroxylation sites is 1. The number of hydrogen-bond acceptors (Lipinski definition) is 5. The number of aliphatic carboxylic acids is 1. The van der Waals surface area contributed by atoms with Crippen LogP contribution in [0.2, 0.25) is 0 Å². The second kappa shape index (κ2) is 7.77. The van der Waals surface area contributed by atoms with Crippen LogP contribution in [0.4, 0.5) is 5.69 Å². The Morgan fingerprint density at radius 3 is 2.36 bits per heavy atom. The van der Waals surface area contributed by atoms with Gasteiger partial charge in [-0.25, -0.2) is 8.42 Å². The number of hydrogen-bond donors (Lipinski definition) is 3. The maximum absolute atomic E-state index is 12.3. The van der Waals surface area contributed by atoms with Crippen LogP contribution >= 0.6 is 11.3 Å². The molecule has 0 aliphatic heterocycles. The molecule has 2 rings (SSSR count). The van der Waals surface area contributed by atoms with Crippen LogP contribution < -0.4 is 10.0 Å². The van der Waals surface area contributed by atoms with Gasteiger partial charge < -0.3 is 10.4 Å². The van der Waals surface area contributed by atoms with E-state index >= 15 is 0 Å². The van der Waals surface area contributed by atoms with Crippen molar-refractivity contribution in [3.8, 4) is 0 Å². The monoisotopic (exact) mass is 382 g/mol. The standard InChI is InChI=1S/C16H18N2O5S2/c1-10(2)14(16(20)21)18-25(22,23)12-8-13(24-9-12)15(19)17-11-6-4-3-5-7-11/h3-10,14,18H,1-2H3,(H,17,19)(H,20,21)/t14-/m0/s1. The van der Waals surface area contributed by atoms with Crippen molar-refractivity contribution < 1.29 is 23.1 Å². The Labute approximate surface area is 149 Å². The number of anilines is 1. The molecule has 0 aliphatic rings. The third-order valence-corrected chi connectivity index (χ3v) is 5.85. The zero-order valence-corrected chi connectivity index (χ0v) is 15.2. The SMILES string of the molecule is CC(C)[C@H](NS(=O)(=O)c1csc(C(=O)Nc2ccccc2)c1)C(=O)O. The van der Waals surface area contributed by atoms with Crippen molar-refractivity contribution in [2.24, 2.45) is 5.92 Å². The summed E-state index contributed by atoms with van der Waals surface area (Å²) in [6.07, 6.45) is 0. The number of benzene rings is 1. The molecule has 0 spiro atoms. The number of carbonyl (C=O) groups is 2. The van der Waals surface area contributed by atoms with Gasteiger partial charge in [0, 0.05) is 11.1 Å². The smallest absolute Gasteiger partial charge is 0.322 e. The first-order chi connectivity index (χ1) is 11.7. The topological polar surface area (TPSA) is 113 Å². The average Bonchev–Trinajstić information content (AvgIpc) is 3.04. The number of nitrogens with one attached hydrogen (secondary N) is 2. The van der Waals surface area contributed by atoms with E-state index in [2.05, 4.69) is 10.0 Å². The highest BCUT2D eigenvalue weighted by atomic mass is 32.2. The first-order valence-corrected chi connectivity index (χ1v) is 9.77. The lowest BCUT2D eigenvalue weighted by Gasteiger charge is -2.17. The lowest BCUT2D eigenvalue weighted by molar-refractivity contribution is -0.140. The van der Waals surface area contributed by atoms with Crippen molar-refractivity contribution in [3.05, 3.63) is 46.7 Å². The largest absolute Gasteiger partial charge is 0.480 e. The molecule has 0 saturated carbocycles. The summed E-state index contributed by atoms with van der Waals surface area (Å²) in [5.74, 6) is -2.11. The van der Waals surface area contributed by atoms with Gasteiger partial charge in [0.2, 0.25) is 10.0 Å². The lowest BCUT2D eigenvalue weighted by Crippen LogP contribution is -2.44. The van der Waals surface area contributed by atoms with Crippen molar-refractivity contribution >= 4 is 38.9 Å². The number of thiophene rings is 1. The van der Waals surface area contributed by atoms with E-state index in [1.165, 1.54) is 11.4 Å². The van der Waals surface area contributed by atoms with E-state index in [0.717, 1.165) is 11.3 Å². The zero-order valence-electron chi connectivity index (χ0n) is 13.6. The van der Waals surface area contributed by atoms with Crippen LogP contribution in [0.5, 0.6) is 0 Å². The Morgan fingerprint density at radius 2 is 1.80 bits per heavy atom. The lowest BCUT2D eigenvalue weighted by atomic mass is 10.1. The predicted octanol–water partition coefficient (Wildman–Crippen LogP) is 2.39. The normalized spacial score (nSPS) is 12.8. The third-order valence-electron chi connectivity index (χ3n) is 3.36. The third kappa shape index (κ3) is 4.88. The van der Waals surface area contributed by atoms with Crippen molar-refractivity contribution in [1.82, 2.24) is 4.72 Å². The summed E-state index contributed by atoms with van der Waals surface area (Å²) in [5, 5.41) is 13.1. The first-order valence-electron chi connectivity index (χ1n) is 7.41. The van der Waals surface area contributed by atoms with Gasteiger partial charge in [-0.2, -0.15) is 4.72 Å². The van der Waals surface area contributed by atoms with Crippen LogP contribution in [0, 0.1) is 5.92 Å². The van der Waals surface area contributed by atoms with Gasteiger partial charge in [-0.1, -0.05) is 32.0 Å². The molecule has 0 aliphatic carbocycles. The van der Waals surface area contributed by atoms with Gasteiger partial charge in [0.05, 0.1) is 9.77 Å². The van der Waals surface area contributed by atoms with Crippen molar-refractivity contribution in [2.75, 3.05) is 5.32 Å². The molecule has 0 saturated heterocycles. The van der Waals surface area contributed by atoms with Gasteiger partial charge in [-0.05, 0) is 24.1 Å². The Bertz CT molecular complexity index is 860. The van der Waals surface area contributed by atoms with E-state index in [0.29, 0.717) is 5.69 Å². The number of rotatable bonds is 7. The van der Waals surface area contributed by atoms with Crippen LogP contribution in [0.25, 0.3) is 0 Å². The Morgan fingerprint density at radius 1 is 1.16 bits per heavy atom. The highest BCUT2D eigenvalue weighted by Gasteiger charge is 2.29. The van der Waals surface area contributed by atoms with Gasteiger partial charge in [-0.15, -0.1) is 11.3 Å². The van der Waals surface area contributed by atoms with Crippen LogP contribution in [0.1, 0.15) is 23.5 Å². The Balaban J connectivity index is 2.16. The zero-order chi connectivity index (χ0) is 18.6. The summed E-state index contributed by atoms with van der Waals surface area (Å²) in [6, 6.07) is 8.75. The van der Waals surface area contributed by atoms with Gasteiger partial charge in [0.1, 0.15) is 6.04 Å². The second-order valence-corrected chi connectivity index (χ2v) is 8.27. The van der Waals surface area contributed by atoms with Crippen molar-refractivity contribution in [3.63, 3.8) is 0 Å². The Hall–Kier alpha value is -2.23. The molecule has 1 aromatic heterocycles. The number of carboxylic acid groups (broad SMARTS) is 1. The van der Waals surface area contributed by atoms with Crippen LogP contribution in [0.3, 0.4) is 0 Å². The molecule has 134 valence electrons. The second-order valence-electron chi connectivity index (χ2n) is 5.65. The molecule has 25 heavy (non-hydrogen) atoms. The molecule has 9 heteroatoms. The molecule has 3 N–H and O–H groups in total. The predicted molar refractivity (Wildman–Crippen MR) is 95.3 cm³/mol. The summed E-state index contributed by atoms with van der Waals surface area (Å²) in [5.41, 5.74) is 0.592. The molecule has 2 aromatic rings. The molecule has 0 unspecified atom stereocenters. The Kier molecular flexibility index (Phi) is 5.93. The number of amides is 1. The quantitative estimate of drug-likeness (QED) is 0.681. The highest BCUT2D eigenvalue weighted by molar-refractivity contribution is 7.89. The fraction of sp³-hybridized carbons (Fsp3) is 0.250. The van der Waals surface area contributed by atoms with E-state index in [-0.39, 0.29) is 9.77 Å². The van der Waals surface area contributed by atoms with Crippen LogP contribution in [-0.2, 0) is 14.8 Å². The summed E-state index contributed by atoms with van der Waals surface area (Å²) in [4.78, 5) is 23.4. The van der Waals surface area contributed by atoms with E-state index in [1.54, 1.807) is 38.1 Å². The highest BCUT2D eigenvalue weighted by Crippen LogP contribution is 2.21. The fourth-order valence-corrected chi connectivity index (χ4v) is 4.51. The fourth-order valence-electron chi connectivity index (χ4n) is 2.00. The van der Waals surface area contributed by atoms with E-state index in [1.807, 2.05) is 6.07 Å². The summed E-state index contributed by atoms with van der Waals surface area (Å²) >= 11 is 0.969. The molecule has 0 radical (unpaired) electrons. The molecule has 1 aromatic carbocycles. The average molecular weight is 382 g/mol. The van der Waals surface area contributed by atoms with Gasteiger partial charge in [0.15, 0.2) is 0 Å². The number of sulfonamides is 1. The van der Waals surface area contributed by atoms with Crippen LogP contribution in [-0.4, -0.2) is 31.4 Å². The molecule has 1 atom stereocenters. The maximum atomic E-state index is 12.3.